The molecule has 0 saturated carbocycles. The van der Waals surface area contributed by atoms with E-state index in [2.05, 4.69) is 49.4 Å². The largest absolute Gasteiger partial charge is 0.287 e. The van der Waals surface area contributed by atoms with Crippen molar-refractivity contribution in [2.45, 2.75) is 34.1 Å². The van der Waals surface area contributed by atoms with Crippen LogP contribution in [0.3, 0.4) is 0 Å². The van der Waals surface area contributed by atoms with Crippen LogP contribution in [0, 0.1) is 17.3 Å². The predicted octanol–water partition coefficient (Wildman–Crippen LogP) is 5.23. The van der Waals surface area contributed by atoms with Crippen molar-refractivity contribution in [3.05, 3.63) is 35.6 Å². The summed E-state index contributed by atoms with van der Waals surface area (Å²) in [6, 6.07) is 8.15. The average molecular weight is 289 g/mol. The van der Waals surface area contributed by atoms with Crippen LogP contribution in [-0.2, 0) is 0 Å². The van der Waals surface area contributed by atoms with Crippen molar-refractivity contribution in [3.63, 3.8) is 0 Å². The van der Waals surface area contributed by atoms with Gasteiger partial charge in [-0.1, -0.05) is 45.9 Å². The van der Waals surface area contributed by atoms with Crippen molar-refractivity contribution < 1.29 is 0 Å². The van der Waals surface area contributed by atoms with Gasteiger partial charge in [0, 0.05) is 11.1 Å². The second kappa shape index (κ2) is 4.63. The van der Waals surface area contributed by atoms with E-state index in [1.807, 2.05) is 18.2 Å². The van der Waals surface area contributed by atoms with Crippen LogP contribution >= 0.6 is 11.6 Å². The Morgan fingerprint density at radius 3 is 2.65 bits per heavy atom. The third-order valence-corrected chi connectivity index (χ3v) is 4.97. The zero-order valence-corrected chi connectivity index (χ0v) is 13.3. The topological polar surface area (TPSA) is 17.8 Å². The molecular formula is C17H21ClN2. The SMILES string of the molecule is CC(C)C1CC=C(n2c(Cl)nc3ccccc32)C1(C)C. The van der Waals surface area contributed by atoms with Crippen LogP contribution in [0.2, 0.25) is 5.28 Å². The standard InChI is InChI=1S/C17H21ClN2/c1-11(2)12-9-10-15(17(12,3)4)20-14-8-6-5-7-13(14)19-16(20)18/h5-8,10-12H,9H2,1-4H3. The monoisotopic (exact) mass is 288 g/mol. The molecule has 0 saturated heterocycles. The maximum absolute atomic E-state index is 6.41. The van der Waals surface area contributed by atoms with Gasteiger partial charge in [-0.25, -0.2) is 4.98 Å². The molecule has 1 heterocycles. The maximum Gasteiger partial charge on any atom is 0.208 e. The van der Waals surface area contributed by atoms with Crippen LogP contribution in [0.25, 0.3) is 16.7 Å². The van der Waals surface area contributed by atoms with Gasteiger partial charge in [-0.3, -0.25) is 4.57 Å². The van der Waals surface area contributed by atoms with Gasteiger partial charge in [-0.2, -0.15) is 0 Å². The molecule has 0 amide bonds. The van der Waals surface area contributed by atoms with E-state index in [0.29, 0.717) is 17.1 Å². The lowest BCUT2D eigenvalue weighted by molar-refractivity contribution is 0.236. The highest BCUT2D eigenvalue weighted by Gasteiger charge is 2.40. The van der Waals surface area contributed by atoms with Gasteiger partial charge in [0.05, 0.1) is 11.0 Å². The number of fused-ring (bicyclic) bond motifs is 1. The fraction of sp³-hybridized carbons (Fsp3) is 0.471. The van der Waals surface area contributed by atoms with Crippen molar-refractivity contribution in [2.75, 3.05) is 0 Å². The number of allylic oxidation sites excluding steroid dienone is 2. The number of hydrogen-bond acceptors (Lipinski definition) is 1. The molecule has 3 heteroatoms. The van der Waals surface area contributed by atoms with Crippen molar-refractivity contribution in [1.82, 2.24) is 9.55 Å². The van der Waals surface area contributed by atoms with Crippen LogP contribution in [0.1, 0.15) is 34.1 Å². The molecule has 0 aliphatic heterocycles. The highest BCUT2D eigenvalue weighted by atomic mass is 35.5. The van der Waals surface area contributed by atoms with Crippen LogP contribution < -0.4 is 0 Å². The Kier molecular flexibility index (Phi) is 3.17. The number of nitrogens with zero attached hydrogens (tertiary/aromatic N) is 2. The summed E-state index contributed by atoms with van der Waals surface area (Å²) in [4.78, 5) is 4.48. The lowest BCUT2D eigenvalue weighted by Crippen LogP contribution is -2.27. The van der Waals surface area contributed by atoms with Gasteiger partial charge in [0.1, 0.15) is 0 Å². The minimum Gasteiger partial charge on any atom is -0.287 e. The van der Waals surface area contributed by atoms with Crippen LogP contribution in [0.15, 0.2) is 30.3 Å². The highest BCUT2D eigenvalue weighted by Crippen LogP contribution is 2.50. The Morgan fingerprint density at radius 2 is 2.00 bits per heavy atom. The second-order valence-corrected chi connectivity index (χ2v) is 6.94. The number of para-hydroxylation sites is 2. The molecule has 1 aliphatic carbocycles. The van der Waals surface area contributed by atoms with E-state index in [0.717, 1.165) is 17.5 Å². The fourth-order valence-electron chi connectivity index (χ4n) is 3.70. The van der Waals surface area contributed by atoms with Crippen molar-refractivity contribution in [3.8, 4) is 0 Å². The van der Waals surface area contributed by atoms with Crippen LogP contribution in [-0.4, -0.2) is 9.55 Å². The molecule has 20 heavy (non-hydrogen) atoms. The lowest BCUT2D eigenvalue weighted by atomic mass is 9.74. The summed E-state index contributed by atoms with van der Waals surface area (Å²) >= 11 is 6.41. The van der Waals surface area contributed by atoms with E-state index in [1.54, 1.807) is 0 Å². The van der Waals surface area contributed by atoms with Gasteiger partial charge in [0.25, 0.3) is 0 Å². The number of hydrogen-bond donors (Lipinski definition) is 0. The predicted molar refractivity (Wildman–Crippen MR) is 85.7 cm³/mol. The van der Waals surface area contributed by atoms with Crippen molar-refractivity contribution in [1.29, 1.82) is 0 Å². The number of benzene rings is 1. The quantitative estimate of drug-likeness (QED) is 0.739. The van der Waals surface area contributed by atoms with E-state index in [1.165, 1.54) is 5.70 Å². The molecule has 1 unspecified atom stereocenters. The summed E-state index contributed by atoms with van der Waals surface area (Å²) < 4.78 is 2.12. The Bertz CT molecular complexity index is 679. The minimum absolute atomic E-state index is 0.112. The number of halogens is 1. The number of rotatable bonds is 2. The Morgan fingerprint density at radius 1 is 1.30 bits per heavy atom. The third kappa shape index (κ3) is 1.89. The van der Waals surface area contributed by atoms with Gasteiger partial charge in [0.15, 0.2) is 0 Å². The van der Waals surface area contributed by atoms with E-state index >= 15 is 0 Å². The molecule has 1 aromatic carbocycles. The third-order valence-electron chi connectivity index (χ3n) is 4.72. The number of imidazole rings is 1. The van der Waals surface area contributed by atoms with Crippen molar-refractivity contribution >= 4 is 28.3 Å². The molecule has 3 rings (SSSR count). The van der Waals surface area contributed by atoms with Gasteiger partial charge in [0.2, 0.25) is 5.28 Å². The molecule has 1 atom stereocenters. The summed E-state index contributed by atoms with van der Waals surface area (Å²) in [6.07, 6.45) is 3.45. The highest BCUT2D eigenvalue weighted by molar-refractivity contribution is 6.29. The summed E-state index contributed by atoms with van der Waals surface area (Å²) in [6.45, 7) is 9.25. The van der Waals surface area contributed by atoms with Crippen LogP contribution in [0.5, 0.6) is 0 Å². The lowest BCUT2D eigenvalue weighted by Gasteiger charge is -2.34. The molecule has 2 aromatic rings. The van der Waals surface area contributed by atoms with Gasteiger partial charge < -0.3 is 0 Å². The summed E-state index contributed by atoms with van der Waals surface area (Å²) in [5.41, 5.74) is 3.46. The molecule has 0 N–H and O–H groups in total. The molecule has 2 nitrogen and oxygen atoms in total. The minimum atomic E-state index is 0.112. The van der Waals surface area contributed by atoms with Gasteiger partial charge >= 0.3 is 0 Å². The van der Waals surface area contributed by atoms with Gasteiger partial charge in [-0.15, -0.1) is 0 Å². The summed E-state index contributed by atoms with van der Waals surface area (Å²) in [5, 5.41) is 0.565. The summed E-state index contributed by atoms with van der Waals surface area (Å²) in [7, 11) is 0. The molecule has 1 aromatic heterocycles. The smallest absolute Gasteiger partial charge is 0.208 e. The summed E-state index contributed by atoms with van der Waals surface area (Å²) in [5.74, 6) is 1.31. The zero-order valence-electron chi connectivity index (χ0n) is 12.5. The molecule has 0 spiro atoms. The first-order valence-electron chi connectivity index (χ1n) is 7.27. The first-order chi connectivity index (χ1) is 9.43. The van der Waals surface area contributed by atoms with E-state index in [-0.39, 0.29) is 5.41 Å². The Hall–Kier alpha value is -1.28. The zero-order chi connectivity index (χ0) is 14.5. The first-order valence-corrected chi connectivity index (χ1v) is 7.64. The van der Waals surface area contributed by atoms with Crippen LogP contribution in [0.4, 0.5) is 0 Å². The Balaban J connectivity index is 2.15. The van der Waals surface area contributed by atoms with E-state index in [9.17, 15) is 0 Å². The van der Waals surface area contributed by atoms with E-state index in [4.69, 9.17) is 11.6 Å². The molecule has 0 radical (unpaired) electrons. The maximum atomic E-state index is 6.41. The number of aromatic nitrogens is 2. The Labute approximate surface area is 125 Å². The molecular weight excluding hydrogens is 268 g/mol. The van der Waals surface area contributed by atoms with E-state index < -0.39 is 0 Å². The second-order valence-electron chi connectivity index (χ2n) is 6.60. The molecule has 0 fully saturated rings. The normalized spacial score (nSPS) is 21.7. The first kappa shape index (κ1) is 13.7. The van der Waals surface area contributed by atoms with Crippen molar-refractivity contribution in [2.24, 2.45) is 17.3 Å². The van der Waals surface area contributed by atoms with Gasteiger partial charge in [-0.05, 0) is 42.0 Å². The fourth-order valence-corrected chi connectivity index (χ4v) is 3.97. The molecule has 1 aliphatic rings. The molecule has 106 valence electrons. The molecule has 0 bridgehead atoms. The average Bonchev–Trinajstić information content (AvgIpc) is 2.84.